The summed E-state index contributed by atoms with van der Waals surface area (Å²) in [7, 11) is 1.80. The second kappa shape index (κ2) is 7.24. The van der Waals surface area contributed by atoms with Crippen molar-refractivity contribution in [3.05, 3.63) is 0 Å². The average molecular weight is 284 g/mol. The Morgan fingerprint density at radius 1 is 1.20 bits per heavy atom. The fourth-order valence-corrected chi connectivity index (χ4v) is 3.04. The number of nitrogens with zero attached hydrogens (tertiary/aromatic N) is 1. The van der Waals surface area contributed by atoms with Crippen LogP contribution < -0.4 is 5.32 Å². The highest BCUT2D eigenvalue weighted by molar-refractivity contribution is 4.93. The summed E-state index contributed by atoms with van der Waals surface area (Å²) in [4.78, 5) is 2.71. The number of ether oxygens (including phenoxy) is 1. The van der Waals surface area contributed by atoms with Gasteiger partial charge in [-0.05, 0) is 23.7 Å². The summed E-state index contributed by atoms with van der Waals surface area (Å²) in [6.07, 6.45) is 2.36. The van der Waals surface area contributed by atoms with Gasteiger partial charge < -0.3 is 10.1 Å². The van der Waals surface area contributed by atoms with Crippen molar-refractivity contribution in [3.8, 4) is 0 Å². The summed E-state index contributed by atoms with van der Waals surface area (Å²) in [6, 6.07) is 1.26. The third-order valence-corrected chi connectivity index (χ3v) is 4.66. The predicted molar refractivity (Wildman–Crippen MR) is 87.2 cm³/mol. The lowest BCUT2D eigenvalue weighted by molar-refractivity contribution is 0.0413. The van der Waals surface area contributed by atoms with Gasteiger partial charge in [-0.15, -0.1) is 0 Å². The van der Waals surface area contributed by atoms with E-state index < -0.39 is 0 Å². The van der Waals surface area contributed by atoms with Crippen LogP contribution in [0, 0.1) is 10.8 Å². The normalized spacial score (nSPS) is 25.9. The van der Waals surface area contributed by atoms with Crippen molar-refractivity contribution >= 4 is 0 Å². The van der Waals surface area contributed by atoms with Gasteiger partial charge in [0.05, 0.1) is 0 Å². The molecule has 0 radical (unpaired) electrons. The maximum Gasteiger partial charge on any atom is 0.0467 e. The smallest absolute Gasteiger partial charge is 0.0467 e. The zero-order valence-electron chi connectivity index (χ0n) is 14.8. The lowest BCUT2D eigenvalue weighted by Crippen LogP contribution is -2.61. The summed E-state index contributed by atoms with van der Waals surface area (Å²) >= 11 is 0. The topological polar surface area (TPSA) is 24.5 Å². The molecule has 3 heteroatoms. The predicted octanol–water partition coefficient (Wildman–Crippen LogP) is 3.15. The quantitative estimate of drug-likeness (QED) is 0.811. The SMILES string of the molecule is CCC1CNC(C(C)(C)C)CN1CC(C)(C)CCOC. The molecule has 0 spiro atoms. The third-order valence-electron chi connectivity index (χ3n) is 4.66. The Labute approximate surface area is 126 Å². The number of hydrogen-bond donors (Lipinski definition) is 1. The molecule has 1 aliphatic heterocycles. The number of piperazine rings is 1. The van der Waals surface area contributed by atoms with E-state index in [1.807, 2.05) is 0 Å². The van der Waals surface area contributed by atoms with Crippen molar-refractivity contribution in [2.24, 2.45) is 10.8 Å². The van der Waals surface area contributed by atoms with E-state index in [-0.39, 0.29) is 0 Å². The van der Waals surface area contributed by atoms with Gasteiger partial charge in [0.25, 0.3) is 0 Å². The van der Waals surface area contributed by atoms with Crippen molar-refractivity contribution in [1.29, 1.82) is 0 Å². The molecule has 1 saturated heterocycles. The summed E-state index contributed by atoms with van der Waals surface area (Å²) in [6.45, 7) is 18.4. The average Bonchev–Trinajstić information content (AvgIpc) is 2.35. The standard InChI is InChI=1S/C17H36N2O/c1-8-14-11-18-15(16(2,3)4)12-19(14)13-17(5,6)9-10-20-7/h14-15,18H,8-13H2,1-7H3. The van der Waals surface area contributed by atoms with Crippen LogP contribution in [-0.4, -0.2) is 50.3 Å². The number of methoxy groups -OCH3 is 1. The Morgan fingerprint density at radius 2 is 1.85 bits per heavy atom. The van der Waals surface area contributed by atoms with Crippen LogP contribution in [0.4, 0.5) is 0 Å². The van der Waals surface area contributed by atoms with E-state index in [4.69, 9.17) is 4.74 Å². The van der Waals surface area contributed by atoms with Gasteiger partial charge in [0.2, 0.25) is 0 Å². The molecule has 1 heterocycles. The molecule has 3 nitrogen and oxygen atoms in total. The minimum atomic E-state index is 0.323. The zero-order chi connectivity index (χ0) is 15.4. The van der Waals surface area contributed by atoms with Gasteiger partial charge in [0.15, 0.2) is 0 Å². The van der Waals surface area contributed by atoms with Gasteiger partial charge in [-0.25, -0.2) is 0 Å². The Balaban J connectivity index is 2.67. The maximum absolute atomic E-state index is 5.26. The van der Waals surface area contributed by atoms with Gasteiger partial charge >= 0.3 is 0 Å². The van der Waals surface area contributed by atoms with Crippen LogP contribution in [-0.2, 0) is 4.74 Å². The summed E-state index contributed by atoms with van der Waals surface area (Å²) in [5, 5.41) is 3.75. The van der Waals surface area contributed by atoms with E-state index in [1.54, 1.807) is 7.11 Å². The van der Waals surface area contributed by atoms with Gasteiger partial charge in [0, 0.05) is 45.4 Å². The van der Waals surface area contributed by atoms with E-state index in [0.29, 0.717) is 22.9 Å². The van der Waals surface area contributed by atoms with Crippen molar-refractivity contribution < 1.29 is 4.74 Å². The van der Waals surface area contributed by atoms with E-state index >= 15 is 0 Å². The van der Waals surface area contributed by atoms with Crippen LogP contribution in [0.5, 0.6) is 0 Å². The molecule has 2 unspecified atom stereocenters. The van der Waals surface area contributed by atoms with E-state index in [1.165, 1.54) is 19.5 Å². The van der Waals surface area contributed by atoms with Gasteiger partial charge in [0.1, 0.15) is 0 Å². The van der Waals surface area contributed by atoms with Crippen molar-refractivity contribution in [2.45, 2.75) is 66.5 Å². The molecule has 20 heavy (non-hydrogen) atoms. The van der Waals surface area contributed by atoms with Crippen molar-refractivity contribution in [1.82, 2.24) is 10.2 Å². The van der Waals surface area contributed by atoms with Crippen LogP contribution in [0.1, 0.15) is 54.4 Å². The number of hydrogen-bond acceptors (Lipinski definition) is 3. The van der Waals surface area contributed by atoms with Crippen LogP contribution in [0.25, 0.3) is 0 Å². The molecule has 1 aliphatic rings. The van der Waals surface area contributed by atoms with Crippen LogP contribution in [0.2, 0.25) is 0 Å². The van der Waals surface area contributed by atoms with Gasteiger partial charge in [-0.1, -0.05) is 41.5 Å². The molecule has 0 aromatic carbocycles. The zero-order valence-corrected chi connectivity index (χ0v) is 14.8. The molecule has 0 aromatic heterocycles. The summed E-state index contributed by atoms with van der Waals surface area (Å²) < 4.78 is 5.26. The first-order valence-corrected chi connectivity index (χ1v) is 8.16. The molecule has 0 aromatic rings. The van der Waals surface area contributed by atoms with Crippen molar-refractivity contribution in [3.63, 3.8) is 0 Å². The van der Waals surface area contributed by atoms with Crippen LogP contribution >= 0.6 is 0 Å². The highest BCUT2D eigenvalue weighted by Crippen LogP contribution is 2.28. The molecule has 0 bridgehead atoms. The summed E-state index contributed by atoms with van der Waals surface area (Å²) in [5.41, 5.74) is 0.650. The van der Waals surface area contributed by atoms with E-state index in [9.17, 15) is 0 Å². The minimum absolute atomic E-state index is 0.323. The lowest BCUT2D eigenvalue weighted by atomic mass is 9.82. The second-order valence-corrected chi connectivity index (χ2v) is 8.23. The van der Waals surface area contributed by atoms with Gasteiger partial charge in [-0.3, -0.25) is 4.90 Å². The highest BCUT2D eigenvalue weighted by atomic mass is 16.5. The molecule has 1 rings (SSSR count). The van der Waals surface area contributed by atoms with Crippen molar-refractivity contribution in [2.75, 3.05) is 33.4 Å². The third kappa shape index (κ3) is 5.34. The largest absolute Gasteiger partial charge is 0.385 e. The second-order valence-electron chi connectivity index (χ2n) is 8.23. The molecule has 2 atom stereocenters. The Bertz CT molecular complexity index is 283. The molecule has 0 saturated carbocycles. The molecular formula is C17H36N2O. The Hall–Kier alpha value is -0.120. The monoisotopic (exact) mass is 284 g/mol. The molecule has 120 valence electrons. The first-order chi connectivity index (χ1) is 9.19. The fourth-order valence-electron chi connectivity index (χ4n) is 3.04. The summed E-state index contributed by atoms with van der Waals surface area (Å²) in [5.74, 6) is 0. The molecule has 0 amide bonds. The molecule has 1 N–H and O–H groups in total. The molecule has 1 fully saturated rings. The highest BCUT2D eigenvalue weighted by Gasteiger charge is 2.35. The first kappa shape index (κ1) is 17.9. The maximum atomic E-state index is 5.26. The number of nitrogens with one attached hydrogen (secondary N) is 1. The van der Waals surface area contributed by atoms with Crippen LogP contribution in [0.3, 0.4) is 0 Å². The lowest BCUT2D eigenvalue weighted by Gasteiger charge is -2.47. The Morgan fingerprint density at radius 3 is 2.35 bits per heavy atom. The van der Waals surface area contributed by atoms with Crippen LogP contribution in [0.15, 0.2) is 0 Å². The fraction of sp³-hybridized carbons (Fsp3) is 1.00. The van der Waals surface area contributed by atoms with Gasteiger partial charge in [-0.2, -0.15) is 0 Å². The number of rotatable bonds is 6. The van der Waals surface area contributed by atoms with E-state index in [0.717, 1.165) is 19.6 Å². The minimum Gasteiger partial charge on any atom is -0.385 e. The molecule has 0 aliphatic carbocycles. The van der Waals surface area contributed by atoms with E-state index in [2.05, 4.69) is 51.8 Å². The molecular weight excluding hydrogens is 248 g/mol. The first-order valence-electron chi connectivity index (χ1n) is 8.16. The Kier molecular flexibility index (Phi) is 6.49.